The van der Waals surface area contributed by atoms with Crippen molar-refractivity contribution in [1.29, 1.82) is 0 Å². The number of hydrogen-bond acceptors (Lipinski definition) is 11. The van der Waals surface area contributed by atoms with Gasteiger partial charge in [-0.25, -0.2) is 4.79 Å². The third-order valence-corrected chi connectivity index (χ3v) is 14.4. The molecule has 6 atom stereocenters. The lowest BCUT2D eigenvalue weighted by Gasteiger charge is -2.40. The normalized spacial score (nSPS) is 18.3. The molecule has 1 fully saturated rings. The molecule has 0 saturated carbocycles. The summed E-state index contributed by atoms with van der Waals surface area (Å²) in [5, 5.41) is 31.6. The summed E-state index contributed by atoms with van der Waals surface area (Å²) in [5.74, 6) is -3.15. The van der Waals surface area contributed by atoms with E-state index in [1.165, 1.54) is 77.0 Å². The predicted molar refractivity (Wildman–Crippen MR) is 331 cm³/mol. The first-order chi connectivity index (χ1) is 39.6. The van der Waals surface area contributed by atoms with E-state index >= 15 is 0 Å². The molecule has 1 aliphatic rings. The molecule has 464 valence electrons. The number of esters is 3. The molecule has 0 aromatic heterocycles. The first-order valence-electron chi connectivity index (χ1n) is 32.6. The number of carboxylic acids is 1. The van der Waals surface area contributed by atoms with Gasteiger partial charge in [0.2, 0.25) is 0 Å². The van der Waals surface area contributed by atoms with Gasteiger partial charge in [0.1, 0.15) is 18.8 Å². The summed E-state index contributed by atoms with van der Waals surface area (Å²) in [6.07, 6.45) is 61.1. The predicted octanol–water partition coefficient (Wildman–Crippen LogP) is 17.5. The molecule has 1 heterocycles. The Hall–Kier alpha value is -4.10. The van der Waals surface area contributed by atoms with Crippen LogP contribution in [0.3, 0.4) is 0 Å². The van der Waals surface area contributed by atoms with E-state index in [-0.39, 0.29) is 25.9 Å². The van der Waals surface area contributed by atoms with E-state index in [4.69, 9.17) is 23.7 Å². The molecule has 3 N–H and O–H groups in total. The minimum Gasteiger partial charge on any atom is -0.479 e. The number of ether oxygens (including phenoxy) is 5. The highest BCUT2D eigenvalue weighted by Gasteiger charge is 2.50. The van der Waals surface area contributed by atoms with Crippen molar-refractivity contribution >= 4 is 23.9 Å². The van der Waals surface area contributed by atoms with Crippen molar-refractivity contribution in [2.24, 2.45) is 0 Å². The molecule has 0 amide bonds. The first kappa shape index (κ1) is 74.9. The van der Waals surface area contributed by atoms with Gasteiger partial charge in [0.25, 0.3) is 0 Å². The lowest BCUT2D eigenvalue weighted by Crippen LogP contribution is -2.61. The maximum atomic E-state index is 13.2. The molecule has 0 aromatic rings. The maximum absolute atomic E-state index is 13.2. The van der Waals surface area contributed by atoms with Crippen molar-refractivity contribution in [2.45, 2.75) is 314 Å². The molecule has 0 aromatic carbocycles. The summed E-state index contributed by atoms with van der Waals surface area (Å²) in [5.41, 5.74) is 0. The fraction of sp³-hybridized carbons (Fsp3) is 0.739. The second-order valence-corrected chi connectivity index (χ2v) is 22.0. The van der Waals surface area contributed by atoms with Crippen molar-refractivity contribution in [3.63, 3.8) is 0 Å². The molecule has 1 rings (SSSR count). The van der Waals surface area contributed by atoms with E-state index in [0.717, 1.165) is 141 Å². The van der Waals surface area contributed by atoms with E-state index < -0.39 is 67.3 Å². The van der Waals surface area contributed by atoms with Crippen LogP contribution in [-0.4, -0.2) is 89.2 Å². The fourth-order valence-electron chi connectivity index (χ4n) is 9.45. The van der Waals surface area contributed by atoms with Gasteiger partial charge in [-0.15, -0.1) is 0 Å². The van der Waals surface area contributed by atoms with Gasteiger partial charge in [-0.2, -0.15) is 0 Å². The Kier molecular flexibility index (Phi) is 52.1. The van der Waals surface area contributed by atoms with Crippen molar-refractivity contribution < 1.29 is 58.2 Å². The third-order valence-electron chi connectivity index (χ3n) is 14.4. The zero-order valence-electron chi connectivity index (χ0n) is 51.3. The van der Waals surface area contributed by atoms with Crippen LogP contribution in [0, 0.1) is 0 Å². The van der Waals surface area contributed by atoms with Crippen molar-refractivity contribution in [3.8, 4) is 0 Å². The summed E-state index contributed by atoms with van der Waals surface area (Å²) in [7, 11) is 0. The number of aliphatic hydroxyl groups is 2. The summed E-state index contributed by atoms with van der Waals surface area (Å²) in [4.78, 5) is 51.3. The highest BCUT2D eigenvalue weighted by atomic mass is 16.7. The fourth-order valence-corrected chi connectivity index (χ4v) is 9.45. The number of rotatable bonds is 55. The second kappa shape index (κ2) is 56.4. The van der Waals surface area contributed by atoms with Crippen LogP contribution >= 0.6 is 0 Å². The van der Waals surface area contributed by atoms with E-state index in [1.54, 1.807) is 0 Å². The number of carbonyl (C=O) groups is 4. The average Bonchev–Trinajstić information content (AvgIpc) is 3.46. The van der Waals surface area contributed by atoms with Gasteiger partial charge in [0.05, 0.1) is 6.61 Å². The van der Waals surface area contributed by atoms with Gasteiger partial charge in [0, 0.05) is 19.3 Å². The molecular weight excluding hydrogens is 1020 g/mol. The number of hydrogen-bond donors (Lipinski definition) is 3. The standard InChI is InChI=1S/C69H116O12/c1-4-7-10-13-16-19-22-25-27-29-31-33-35-38-40-43-46-49-52-55-61(70)77-58-60(79-62(71)56-53-50-47-44-42-39-36-34-32-30-28-26-23-20-17-14-11-8-5-2)59-78-69-67(65(74)64(73)66(81-69)68(75)76)80-63(72)57-54-51-48-45-41-37-24-21-18-15-12-9-6-3/h7,10,12,15-16,19,21,24-28,31,33,60,64-67,69,73-74H,4-6,8-9,11,13-14,17-18,20,22-23,29-30,32,34-59H2,1-3H3,(H,75,76)/b10-7-,15-12-,19-16-,24-21-,27-25-,28-26-,33-31-. The summed E-state index contributed by atoms with van der Waals surface area (Å²) in [6, 6.07) is 0. The largest absolute Gasteiger partial charge is 0.479 e. The van der Waals surface area contributed by atoms with Crippen LogP contribution in [0.5, 0.6) is 0 Å². The molecule has 1 aliphatic heterocycles. The molecule has 0 spiro atoms. The van der Waals surface area contributed by atoms with Crippen LogP contribution in [0.15, 0.2) is 85.1 Å². The third kappa shape index (κ3) is 46.0. The maximum Gasteiger partial charge on any atom is 0.335 e. The van der Waals surface area contributed by atoms with Crippen LogP contribution < -0.4 is 0 Å². The molecule has 0 aliphatic carbocycles. The van der Waals surface area contributed by atoms with Crippen LogP contribution in [-0.2, 0) is 42.9 Å². The highest BCUT2D eigenvalue weighted by Crippen LogP contribution is 2.27. The van der Waals surface area contributed by atoms with Crippen LogP contribution in [0.4, 0.5) is 0 Å². The number of aliphatic hydroxyl groups excluding tert-OH is 2. The van der Waals surface area contributed by atoms with E-state index in [1.807, 2.05) is 0 Å². The summed E-state index contributed by atoms with van der Waals surface area (Å²) in [6.45, 7) is 5.81. The number of carboxylic acid groups (broad SMARTS) is 1. The lowest BCUT2D eigenvalue weighted by atomic mass is 9.98. The van der Waals surface area contributed by atoms with Crippen molar-refractivity contribution in [3.05, 3.63) is 85.1 Å². The molecule has 6 unspecified atom stereocenters. The Morgan fingerprint density at radius 3 is 1.25 bits per heavy atom. The smallest absolute Gasteiger partial charge is 0.335 e. The molecule has 81 heavy (non-hydrogen) atoms. The van der Waals surface area contributed by atoms with Crippen molar-refractivity contribution in [1.82, 2.24) is 0 Å². The number of carbonyl (C=O) groups excluding carboxylic acids is 3. The number of allylic oxidation sites excluding steroid dienone is 14. The quantitative estimate of drug-likeness (QED) is 0.0228. The number of aliphatic carboxylic acids is 1. The molecule has 12 nitrogen and oxygen atoms in total. The van der Waals surface area contributed by atoms with E-state index in [9.17, 15) is 34.5 Å². The van der Waals surface area contributed by atoms with Gasteiger partial charge in [-0.1, -0.05) is 234 Å². The average molecular weight is 1140 g/mol. The zero-order chi connectivity index (χ0) is 58.9. The Labute approximate surface area is 492 Å². The topological polar surface area (TPSA) is 175 Å². The molecule has 0 bridgehead atoms. The Morgan fingerprint density at radius 1 is 0.420 bits per heavy atom. The van der Waals surface area contributed by atoms with Gasteiger partial charge >= 0.3 is 23.9 Å². The highest BCUT2D eigenvalue weighted by molar-refractivity contribution is 5.74. The minimum atomic E-state index is -1.91. The Balaban J connectivity index is 2.67. The first-order valence-corrected chi connectivity index (χ1v) is 32.6. The SMILES string of the molecule is CC/C=C\C/C=C\C/C=C\C/C=C\CCCCCCCCC(=O)OCC(COC1OC(C(=O)O)C(O)C(O)C1OC(=O)CCCCCCC/C=C\C/C=C\CCC)OC(=O)CCCCCCCCCCC/C=C\CCCCCCCC. The summed E-state index contributed by atoms with van der Waals surface area (Å²) < 4.78 is 28.5. The molecule has 0 radical (unpaired) electrons. The Morgan fingerprint density at radius 2 is 0.802 bits per heavy atom. The van der Waals surface area contributed by atoms with E-state index in [2.05, 4.69) is 106 Å². The molecule has 12 heteroatoms. The lowest BCUT2D eigenvalue weighted by molar-refractivity contribution is -0.301. The van der Waals surface area contributed by atoms with Crippen LogP contribution in [0.25, 0.3) is 0 Å². The zero-order valence-corrected chi connectivity index (χ0v) is 51.3. The monoisotopic (exact) mass is 1140 g/mol. The second-order valence-electron chi connectivity index (χ2n) is 22.0. The van der Waals surface area contributed by atoms with Gasteiger partial charge in [-0.05, 0) is 109 Å². The van der Waals surface area contributed by atoms with Gasteiger partial charge in [-0.3, -0.25) is 14.4 Å². The van der Waals surface area contributed by atoms with Gasteiger partial charge in [0.15, 0.2) is 24.6 Å². The van der Waals surface area contributed by atoms with Crippen LogP contribution in [0.1, 0.15) is 278 Å². The summed E-state index contributed by atoms with van der Waals surface area (Å²) >= 11 is 0. The van der Waals surface area contributed by atoms with E-state index in [0.29, 0.717) is 19.3 Å². The van der Waals surface area contributed by atoms with Crippen molar-refractivity contribution in [2.75, 3.05) is 13.2 Å². The molecular formula is C69H116O12. The number of unbranched alkanes of at least 4 members (excludes halogenated alkanes) is 27. The molecule has 1 saturated heterocycles. The van der Waals surface area contributed by atoms with Gasteiger partial charge < -0.3 is 39.0 Å². The van der Waals surface area contributed by atoms with Crippen LogP contribution in [0.2, 0.25) is 0 Å². The Bertz CT molecular complexity index is 1730. The minimum absolute atomic E-state index is 0.0404.